The van der Waals surface area contributed by atoms with E-state index < -0.39 is 0 Å². The number of hydrogen-bond acceptors (Lipinski definition) is 4. The van der Waals surface area contributed by atoms with Crippen molar-refractivity contribution in [1.82, 2.24) is 34.8 Å². The van der Waals surface area contributed by atoms with Crippen LogP contribution in [0.1, 0.15) is 47.4 Å². The molecule has 7 heteroatoms. The zero-order valence-electron chi connectivity index (χ0n) is 15.6. The van der Waals surface area contributed by atoms with Crippen molar-refractivity contribution in [1.29, 1.82) is 0 Å². The standard InChI is InChI=1S/C20H23N7/c1-3-17-23-12(2)16(24-17)10-27-9-8-15-18(22-11-21-15)19(27)20-25-13-6-4-5-7-14(13)26-20/h4-7,11,19H,3,8-10H2,1-2H3,(H,21,22)(H,23,24)(H,25,26)/t19-/m0/s1. The molecule has 0 spiro atoms. The van der Waals surface area contributed by atoms with Crippen molar-refractivity contribution in [3.63, 3.8) is 0 Å². The topological polar surface area (TPSA) is 89.3 Å². The van der Waals surface area contributed by atoms with Gasteiger partial charge < -0.3 is 15.0 Å². The lowest BCUT2D eigenvalue weighted by Crippen LogP contribution is -2.36. The van der Waals surface area contributed by atoms with Gasteiger partial charge in [0.2, 0.25) is 0 Å². The second-order valence-electron chi connectivity index (χ2n) is 7.14. The van der Waals surface area contributed by atoms with Gasteiger partial charge in [0.05, 0.1) is 28.7 Å². The maximum atomic E-state index is 4.87. The van der Waals surface area contributed by atoms with Crippen LogP contribution in [-0.2, 0) is 19.4 Å². The summed E-state index contributed by atoms with van der Waals surface area (Å²) < 4.78 is 0. The first-order chi connectivity index (χ1) is 13.2. The molecule has 0 fully saturated rings. The Kier molecular flexibility index (Phi) is 3.82. The highest BCUT2D eigenvalue weighted by molar-refractivity contribution is 5.75. The Morgan fingerprint density at radius 3 is 2.89 bits per heavy atom. The smallest absolute Gasteiger partial charge is 0.130 e. The number of H-pyrrole nitrogens is 3. The van der Waals surface area contributed by atoms with E-state index >= 15 is 0 Å². The fourth-order valence-corrected chi connectivity index (χ4v) is 3.98. The molecule has 7 nitrogen and oxygen atoms in total. The number of benzene rings is 1. The van der Waals surface area contributed by atoms with E-state index in [2.05, 4.69) is 44.7 Å². The SMILES string of the molecule is CCc1nc(CN2CCc3[nH]cnc3[C@H]2c2nc3ccccc3[nH]2)c(C)[nH]1. The van der Waals surface area contributed by atoms with E-state index in [1.54, 1.807) is 6.33 Å². The summed E-state index contributed by atoms with van der Waals surface area (Å²) in [5.41, 5.74) is 6.54. The summed E-state index contributed by atoms with van der Waals surface area (Å²) in [6, 6.07) is 8.15. The first kappa shape index (κ1) is 16.3. The summed E-state index contributed by atoms with van der Waals surface area (Å²) in [7, 11) is 0. The number of fused-ring (bicyclic) bond motifs is 2. The predicted octanol–water partition coefficient (Wildman–Crippen LogP) is 3.03. The van der Waals surface area contributed by atoms with Crippen molar-refractivity contribution >= 4 is 11.0 Å². The van der Waals surface area contributed by atoms with Gasteiger partial charge in [-0.15, -0.1) is 0 Å². The number of aromatic amines is 3. The molecule has 0 saturated heterocycles. The number of aryl methyl sites for hydroxylation is 2. The Balaban J connectivity index is 1.56. The number of imidazole rings is 3. The monoisotopic (exact) mass is 361 g/mol. The van der Waals surface area contributed by atoms with Gasteiger partial charge in [0.15, 0.2) is 0 Å². The van der Waals surface area contributed by atoms with Gasteiger partial charge in [-0.1, -0.05) is 19.1 Å². The Bertz CT molecular complexity index is 1050. The van der Waals surface area contributed by atoms with Gasteiger partial charge in [0, 0.05) is 37.3 Å². The summed E-state index contributed by atoms with van der Waals surface area (Å²) in [5.74, 6) is 1.98. The summed E-state index contributed by atoms with van der Waals surface area (Å²) >= 11 is 0. The van der Waals surface area contributed by atoms with Crippen LogP contribution in [0.5, 0.6) is 0 Å². The van der Waals surface area contributed by atoms with Crippen molar-refractivity contribution in [3.8, 4) is 0 Å². The van der Waals surface area contributed by atoms with Crippen LogP contribution in [0.15, 0.2) is 30.6 Å². The van der Waals surface area contributed by atoms with E-state index in [0.29, 0.717) is 0 Å². The molecule has 4 heterocycles. The van der Waals surface area contributed by atoms with E-state index in [1.807, 2.05) is 18.2 Å². The van der Waals surface area contributed by atoms with Crippen molar-refractivity contribution < 1.29 is 0 Å². The van der Waals surface area contributed by atoms with Crippen molar-refractivity contribution in [2.45, 2.75) is 39.3 Å². The number of hydrogen-bond donors (Lipinski definition) is 3. The predicted molar refractivity (Wildman–Crippen MR) is 103 cm³/mol. The first-order valence-electron chi connectivity index (χ1n) is 9.48. The maximum Gasteiger partial charge on any atom is 0.130 e. The Morgan fingerprint density at radius 1 is 1.19 bits per heavy atom. The zero-order valence-corrected chi connectivity index (χ0v) is 15.6. The lowest BCUT2D eigenvalue weighted by Gasteiger charge is -2.33. The van der Waals surface area contributed by atoms with Crippen LogP contribution in [0.2, 0.25) is 0 Å². The van der Waals surface area contributed by atoms with Gasteiger partial charge in [-0.25, -0.2) is 15.0 Å². The summed E-state index contributed by atoms with van der Waals surface area (Å²) in [5, 5.41) is 0. The van der Waals surface area contributed by atoms with Gasteiger partial charge in [-0.2, -0.15) is 0 Å². The van der Waals surface area contributed by atoms with Crippen LogP contribution >= 0.6 is 0 Å². The molecule has 0 amide bonds. The minimum atomic E-state index is -0.00595. The molecular formula is C20H23N7. The summed E-state index contributed by atoms with van der Waals surface area (Å²) in [6.45, 7) is 5.93. The van der Waals surface area contributed by atoms with Gasteiger partial charge in [0.25, 0.3) is 0 Å². The molecule has 1 aliphatic heterocycles. The normalized spacial score (nSPS) is 17.5. The summed E-state index contributed by atoms with van der Waals surface area (Å²) in [6.07, 6.45) is 3.66. The van der Waals surface area contributed by atoms with E-state index in [9.17, 15) is 0 Å². The molecule has 0 aliphatic carbocycles. The van der Waals surface area contributed by atoms with Gasteiger partial charge >= 0.3 is 0 Å². The molecule has 1 aromatic carbocycles. The second-order valence-corrected chi connectivity index (χ2v) is 7.14. The van der Waals surface area contributed by atoms with Gasteiger partial charge in [-0.3, -0.25) is 4.90 Å². The number of nitrogens with one attached hydrogen (secondary N) is 3. The third-order valence-corrected chi connectivity index (χ3v) is 5.41. The Labute approximate surface area is 157 Å². The third kappa shape index (κ3) is 2.75. The largest absolute Gasteiger partial charge is 0.348 e. The molecule has 0 bridgehead atoms. The molecule has 4 aromatic rings. The average Bonchev–Trinajstić information content (AvgIpc) is 3.39. The van der Waals surface area contributed by atoms with E-state index in [1.165, 1.54) is 5.69 Å². The zero-order chi connectivity index (χ0) is 18.4. The average molecular weight is 361 g/mol. The lowest BCUT2D eigenvalue weighted by atomic mass is 10.0. The van der Waals surface area contributed by atoms with Crippen LogP contribution in [0.25, 0.3) is 11.0 Å². The fourth-order valence-electron chi connectivity index (χ4n) is 3.98. The number of rotatable bonds is 4. The van der Waals surface area contributed by atoms with Crippen molar-refractivity contribution in [3.05, 3.63) is 65.0 Å². The van der Waals surface area contributed by atoms with Gasteiger partial charge in [0.1, 0.15) is 17.7 Å². The van der Waals surface area contributed by atoms with Crippen LogP contribution in [-0.4, -0.2) is 41.3 Å². The highest BCUT2D eigenvalue weighted by Gasteiger charge is 2.33. The summed E-state index contributed by atoms with van der Waals surface area (Å²) in [4.78, 5) is 26.9. The molecule has 0 saturated carbocycles. The molecule has 27 heavy (non-hydrogen) atoms. The molecule has 3 aromatic heterocycles. The Morgan fingerprint density at radius 2 is 2.07 bits per heavy atom. The lowest BCUT2D eigenvalue weighted by molar-refractivity contribution is 0.192. The third-order valence-electron chi connectivity index (χ3n) is 5.41. The van der Waals surface area contributed by atoms with Crippen LogP contribution in [0.3, 0.4) is 0 Å². The van der Waals surface area contributed by atoms with E-state index in [0.717, 1.165) is 65.7 Å². The quantitative estimate of drug-likeness (QED) is 0.521. The molecule has 138 valence electrons. The molecule has 3 N–H and O–H groups in total. The van der Waals surface area contributed by atoms with Crippen LogP contribution in [0, 0.1) is 6.92 Å². The minimum absolute atomic E-state index is 0.00595. The molecule has 1 atom stereocenters. The van der Waals surface area contributed by atoms with Crippen molar-refractivity contribution in [2.24, 2.45) is 0 Å². The van der Waals surface area contributed by atoms with Crippen LogP contribution in [0.4, 0.5) is 0 Å². The number of aromatic nitrogens is 6. The first-order valence-corrected chi connectivity index (χ1v) is 9.48. The van der Waals surface area contributed by atoms with Crippen LogP contribution < -0.4 is 0 Å². The number of para-hydroxylation sites is 2. The van der Waals surface area contributed by atoms with Gasteiger partial charge in [-0.05, 0) is 19.1 Å². The maximum absolute atomic E-state index is 4.87. The molecule has 0 unspecified atom stereocenters. The highest BCUT2D eigenvalue weighted by Crippen LogP contribution is 2.34. The van der Waals surface area contributed by atoms with Crippen molar-refractivity contribution in [2.75, 3.05) is 6.54 Å². The second kappa shape index (κ2) is 6.35. The number of nitrogens with zero attached hydrogens (tertiary/aromatic N) is 4. The fraction of sp³-hybridized carbons (Fsp3) is 0.350. The minimum Gasteiger partial charge on any atom is -0.348 e. The molecule has 1 aliphatic rings. The molecule has 0 radical (unpaired) electrons. The highest BCUT2D eigenvalue weighted by atomic mass is 15.2. The Hall–Kier alpha value is -2.93. The van der Waals surface area contributed by atoms with E-state index in [4.69, 9.17) is 9.97 Å². The molecule has 5 rings (SSSR count). The van der Waals surface area contributed by atoms with E-state index in [-0.39, 0.29) is 6.04 Å². The molecular weight excluding hydrogens is 338 g/mol.